The fraction of sp³-hybridized carbons (Fsp3) is 0.509. The number of aliphatic hydroxyl groups excluding tert-OH is 2. The molecule has 1 aromatic heterocycles. The second-order valence-electron chi connectivity index (χ2n) is 20.3. The summed E-state index contributed by atoms with van der Waals surface area (Å²) in [5.41, 5.74) is -3.06. The van der Waals surface area contributed by atoms with Gasteiger partial charge in [-0.15, -0.1) is 0 Å². The van der Waals surface area contributed by atoms with Crippen LogP contribution < -0.4 is 30.9 Å². The van der Waals surface area contributed by atoms with Gasteiger partial charge in [0.1, 0.15) is 47.7 Å². The fourth-order valence-electron chi connectivity index (χ4n) is 9.47. The summed E-state index contributed by atoms with van der Waals surface area (Å²) in [4.78, 5) is 72.9. The summed E-state index contributed by atoms with van der Waals surface area (Å²) in [6.45, 7) is 23.0. The molecule has 10 atom stereocenters. The number of anilines is 1. The summed E-state index contributed by atoms with van der Waals surface area (Å²) in [7, 11) is 3.30. The summed E-state index contributed by atoms with van der Waals surface area (Å²) in [6.07, 6.45) is 5.52. The minimum absolute atomic E-state index is 0.0426. The molecule has 1 unspecified atom stereocenters. The van der Waals surface area contributed by atoms with Gasteiger partial charge in [0.05, 0.1) is 48.6 Å². The monoisotopic (exact) mass is 970 g/mol. The number of aromatic nitrogens is 1. The van der Waals surface area contributed by atoms with Crippen molar-refractivity contribution in [3.8, 4) is 17.2 Å². The first-order valence-corrected chi connectivity index (χ1v) is 23.5. The van der Waals surface area contributed by atoms with Crippen LogP contribution in [0.1, 0.15) is 88.6 Å². The number of nitrogens with one attached hydrogen (secondary N) is 1. The van der Waals surface area contributed by atoms with E-state index in [0.717, 1.165) is 0 Å². The quantitative estimate of drug-likeness (QED) is 0.0659. The number of rotatable bonds is 6. The number of amides is 2. The van der Waals surface area contributed by atoms with Crippen molar-refractivity contribution in [2.75, 3.05) is 32.6 Å². The van der Waals surface area contributed by atoms with E-state index in [1.165, 1.54) is 66.2 Å². The Morgan fingerprint density at radius 2 is 1.61 bits per heavy atom. The van der Waals surface area contributed by atoms with Crippen LogP contribution in [0.15, 0.2) is 62.3 Å². The van der Waals surface area contributed by atoms with Crippen molar-refractivity contribution in [1.29, 1.82) is 0 Å². The first kappa shape index (κ1) is 53.1. The molecule has 70 heavy (non-hydrogen) atoms. The van der Waals surface area contributed by atoms with E-state index < -0.39 is 81.4 Å². The molecule has 2 amide bonds. The van der Waals surface area contributed by atoms with Crippen LogP contribution in [0, 0.1) is 36.5 Å². The van der Waals surface area contributed by atoms with Gasteiger partial charge in [-0.05, 0) is 58.4 Å². The van der Waals surface area contributed by atoms with E-state index in [4.69, 9.17) is 33.1 Å². The lowest BCUT2D eigenvalue weighted by atomic mass is 9.73. The zero-order valence-electron chi connectivity index (χ0n) is 42.8. The van der Waals surface area contributed by atoms with Crippen molar-refractivity contribution in [2.45, 2.75) is 120 Å². The zero-order valence-corrected chi connectivity index (χ0v) is 42.8. The number of methoxy groups -OCH3 is 1. The second kappa shape index (κ2) is 19.8. The molecule has 0 spiro atoms. The summed E-state index contributed by atoms with van der Waals surface area (Å²) < 4.78 is 36.8. The molecule has 0 radical (unpaired) electrons. The van der Waals surface area contributed by atoms with Crippen LogP contribution in [0.4, 0.5) is 5.69 Å². The van der Waals surface area contributed by atoms with Gasteiger partial charge in [0.25, 0.3) is 5.91 Å². The van der Waals surface area contributed by atoms with Gasteiger partial charge >= 0.3 is 17.7 Å². The summed E-state index contributed by atoms with van der Waals surface area (Å²) in [5, 5.41) is 37.7. The summed E-state index contributed by atoms with van der Waals surface area (Å²) in [5.74, 6) is -5.92. The minimum Gasteiger partial charge on any atom is -0.507 e. The molecule has 4 bridgehead atoms. The summed E-state index contributed by atoms with van der Waals surface area (Å²) >= 11 is 0. The molecule has 6 rings (SSSR count). The highest BCUT2D eigenvalue weighted by Gasteiger charge is 2.45. The Hall–Kier alpha value is -6.30. The maximum atomic E-state index is 14.9. The van der Waals surface area contributed by atoms with Crippen LogP contribution in [0.3, 0.4) is 0 Å². The molecule has 0 saturated heterocycles. The number of nitrogens with zero attached hydrogens (tertiary/aromatic N) is 2. The Labute approximate surface area is 407 Å². The van der Waals surface area contributed by atoms with Gasteiger partial charge in [-0.1, -0.05) is 52.8 Å². The lowest BCUT2D eigenvalue weighted by Crippen LogP contribution is -2.61. The molecule has 4 aromatic rings. The van der Waals surface area contributed by atoms with Crippen LogP contribution in [0.2, 0.25) is 0 Å². The number of hydrogen-bond acceptors (Lipinski definition) is 15. The van der Waals surface area contributed by atoms with Crippen molar-refractivity contribution in [2.24, 2.45) is 29.6 Å². The van der Waals surface area contributed by atoms with E-state index in [1.807, 2.05) is 55.4 Å². The third-order valence-corrected chi connectivity index (χ3v) is 15.0. The zero-order chi connectivity index (χ0) is 52.1. The Morgan fingerprint density at radius 1 is 0.943 bits per heavy atom. The number of likely N-dealkylation sites (N-methyl/N-ethyl adjacent to an activating group) is 1. The molecule has 2 aliphatic rings. The number of aromatic hydroxyl groups is 1. The van der Waals surface area contributed by atoms with Gasteiger partial charge in [0, 0.05) is 61.4 Å². The average molecular weight is 971 g/mol. The van der Waals surface area contributed by atoms with Crippen molar-refractivity contribution in [3.05, 3.63) is 79.5 Å². The molecule has 17 nitrogen and oxygen atoms in total. The van der Waals surface area contributed by atoms with Gasteiger partial charge in [0.2, 0.25) is 10.9 Å². The van der Waals surface area contributed by atoms with Gasteiger partial charge in [-0.2, -0.15) is 0 Å². The number of carbonyl (C=O) groups excluding carboxylic acids is 3. The van der Waals surface area contributed by atoms with Gasteiger partial charge in [-0.3, -0.25) is 23.7 Å². The number of ether oxygens (including phenoxy) is 5. The van der Waals surface area contributed by atoms with E-state index in [1.54, 1.807) is 25.3 Å². The molecule has 2 aliphatic heterocycles. The predicted molar refractivity (Wildman–Crippen MR) is 265 cm³/mol. The molecule has 0 aliphatic carbocycles. The Morgan fingerprint density at radius 3 is 2.23 bits per heavy atom. The number of esters is 1. The second-order valence-corrected chi connectivity index (χ2v) is 20.3. The molecule has 0 fully saturated rings. The third kappa shape index (κ3) is 9.62. The lowest BCUT2D eigenvalue weighted by molar-refractivity contribution is -0.881. The number of phenolic OH excluding ortho intramolecular Hbond substituents is 1. The number of phenols is 1. The number of allylic oxidation sites excluding steroid dienone is 2. The molecular formula is C53H68N3O14+. The van der Waals surface area contributed by atoms with Crippen molar-refractivity contribution < 1.29 is 62.3 Å². The molecule has 0 saturated carbocycles. The molecule has 378 valence electrons. The Kier molecular flexibility index (Phi) is 15.0. The Balaban J connectivity index is 1.61. The van der Waals surface area contributed by atoms with E-state index in [0.29, 0.717) is 0 Å². The van der Waals surface area contributed by atoms with Crippen LogP contribution in [0.5, 0.6) is 17.2 Å². The highest BCUT2D eigenvalue weighted by Crippen LogP contribution is 2.42. The molecular weight excluding hydrogens is 903 g/mol. The van der Waals surface area contributed by atoms with Crippen molar-refractivity contribution in [3.63, 3.8) is 0 Å². The third-order valence-electron chi connectivity index (χ3n) is 15.0. The number of quaternary nitrogens is 1. The largest absolute Gasteiger partial charge is 0.507 e. The maximum Gasteiger partial charge on any atom is 0.310 e. The van der Waals surface area contributed by atoms with E-state index in [-0.39, 0.29) is 102 Å². The normalized spacial score (nSPS) is 28.4. The van der Waals surface area contributed by atoms with E-state index >= 15 is 0 Å². The highest BCUT2D eigenvalue weighted by atomic mass is 16.7. The molecule has 3 heterocycles. The lowest BCUT2D eigenvalue weighted by Gasteiger charge is -2.42. The molecule has 3 aromatic carbocycles. The SMILES string of the molecule is CO[C@H]1/C=C/O[C@@]2(C)Oc3c(C)c(O)c4c(=O)c(c5oc6cc(OCC[N+](C)(C(C)=O)C(C)(C)C)cc(=O)c6nc5c4c3=C2O)NC(=O)/C(C)=C\C=C\[C@H](C)[C@H](O)[C@@H](C)[C@@H](C)[C@@H](C)[C@H](OC(C)=O)[C@@H]1C. The van der Waals surface area contributed by atoms with Crippen LogP contribution >= 0.6 is 0 Å². The minimum atomic E-state index is -1.98. The van der Waals surface area contributed by atoms with Crippen molar-refractivity contribution >= 4 is 62.2 Å². The van der Waals surface area contributed by atoms with Gasteiger partial charge in [-0.25, -0.2) is 9.78 Å². The van der Waals surface area contributed by atoms with Gasteiger partial charge in [0.15, 0.2) is 22.4 Å². The van der Waals surface area contributed by atoms with E-state index in [2.05, 4.69) is 5.32 Å². The van der Waals surface area contributed by atoms with Crippen LogP contribution in [-0.4, -0.2) is 99.5 Å². The first-order chi connectivity index (χ1) is 32.6. The fourth-order valence-corrected chi connectivity index (χ4v) is 9.47. The number of hydrogen-bond donors (Lipinski definition) is 4. The smallest absolute Gasteiger partial charge is 0.310 e. The maximum absolute atomic E-state index is 14.9. The van der Waals surface area contributed by atoms with Gasteiger partial charge < -0.3 is 48.7 Å². The average Bonchev–Trinajstić information content (AvgIpc) is 3.56. The van der Waals surface area contributed by atoms with Crippen LogP contribution in [0.25, 0.3) is 38.7 Å². The molecule has 4 N–H and O–H groups in total. The first-order valence-electron chi connectivity index (χ1n) is 23.5. The Bertz CT molecular complexity index is 3020. The molecule has 17 heteroatoms. The number of benzene rings is 3. The number of fused-ring (bicyclic) bond motifs is 2. The topological polar surface area (TPSA) is 230 Å². The standard InChI is InChI=1S/C53H67N3O14/c1-25-17-16-18-26(2)51(64)55-43-46(62)39-38(42-49(43)69-37-24-34(23-35(59)41(37)54-42)66-22-20-56(14,32(8)57)52(10,11)12)40-48(31(7)45(39)61)70-53(13,50(40)63)67-21-19-36(65-15)30(6)47(68-33(9)58)29(5)27(3)28(4)44(25)60/h16-19,21,23-25,27-30,36,44,47,60H,20,22H2,1-15H3,(H2-,54,55,59,61,62,63,64)/p+1/b17-16+,21-19+,26-18-/t25-,27+,28-,29+,30+,36-,44-,47-,53-,56?/m0/s1. The number of carbonyl (C=O) groups is 3. The summed E-state index contributed by atoms with van der Waals surface area (Å²) in [6, 6.07) is 2.62. The van der Waals surface area contributed by atoms with Crippen LogP contribution in [-0.2, 0) is 28.6 Å². The van der Waals surface area contributed by atoms with Crippen molar-refractivity contribution in [1.82, 2.24) is 4.98 Å². The number of aliphatic hydroxyl groups is 2. The van der Waals surface area contributed by atoms with E-state index in [9.17, 15) is 39.3 Å². The predicted octanol–water partition coefficient (Wildman–Crippen LogP) is 7.01. The highest BCUT2D eigenvalue weighted by molar-refractivity contribution is 6.16.